The van der Waals surface area contributed by atoms with E-state index in [1.807, 2.05) is 13.8 Å². The molecule has 0 heterocycles. The molecule has 0 aliphatic heterocycles. The van der Waals surface area contributed by atoms with Gasteiger partial charge in [0.1, 0.15) is 0 Å². The van der Waals surface area contributed by atoms with Gasteiger partial charge in [-0.05, 0) is 11.3 Å². The van der Waals surface area contributed by atoms with Crippen molar-refractivity contribution >= 4 is 5.97 Å². The minimum atomic E-state index is -0.688. The zero-order valence-corrected chi connectivity index (χ0v) is 8.55. The molecule has 0 aromatic rings. The second-order valence-electron chi connectivity index (χ2n) is 4.07. The van der Waals surface area contributed by atoms with Crippen LogP contribution in [0.25, 0.3) is 0 Å². The Morgan fingerprint density at radius 3 is 2.00 bits per heavy atom. The Balaban J connectivity index is 4.24. The molecule has 0 aromatic carbocycles. The van der Waals surface area contributed by atoms with Crippen LogP contribution in [0.15, 0.2) is 0 Å². The Kier molecular flexibility index (Phi) is 4.29. The van der Waals surface area contributed by atoms with Crippen molar-refractivity contribution in [2.75, 3.05) is 0 Å². The second-order valence-corrected chi connectivity index (χ2v) is 4.07. The van der Waals surface area contributed by atoms with E-state index in [9.17, 15) is 4.79 Å². The van der Waals surface area contributed by atoms with Crippen molar-refractivity contribution in [3.05, 3.63) is 0 Å². The lowest BCUT2D eigenvalue weighted by molar-refractivity contribution is -0.140. The highest BCUT2D eigenvalue weighted by atomic mass is 16.4. The Labute approximate surface area is 75.0 Å². The second kappa shape index (κ2) is 4.48. The molecule has 0 aromatic heterocycles. The van der Waals surface area contributed by atoms with Gasteiger partial charge < -0.3 is 5.11 Å². The van der Waals surface area contributed by atoms with Crippen LogP contribution in [-0.4, -0.2) is 11.1 Å². The summed E-state index contributed by atoms with van der Waals surface area (Å²) in [5, 5.41) is 8.69. The maximum absolute atomic E-state index is 10.6. The predicted octanol–water partition coefficient (Wildman–Crippen LogP) is 2.92. The molecule has 0 saturated carbocycles. The molecule has 0 fully saturated rings. The van der Waals surface area contributed by atoms with Crippen molar-refractivity contribution in [2.45, 2.75) is 47.0 Å². The molecule has 0 bridgehead atoms. The number of hydrogen-bond donors (Lipinski definition) is 1. The largest absolute Gasteiger partial charge is 0.481 e. The van der Waals surface area contributed by atoms with E-state index in [2.05, 4.69) is 13.8 Å². The van der Waals surface area contributed by atoms with E-state index in [0.29, 0.717) is 5.92 Å². The topological polar surface area (TPSA) is 37.3 Å². The number of hydrogen-bond acceptors (Lipinski definition) is 1. The quantitative estimate of drug-likeness (QED) is 0.692. The third kappa shape index (κ3) is 3.24. The molecule has 0 atom stereocenters. The van der Waals surface area contributed by atoms with E-state index >= 15 is 0 Å². The number of rotatable bonds is 5. The predicted molar refractivity (Wildman–Crippen MR) is 50.1 cm³/mol. The van der Waals surface area contributed by atoms with Crippen LogP contribution in [0.4, 0.5) is 0 Å². The highest BCUT2D eigenvalue weighted by Gasteiger charge is 2.29. The SMILES string of the molecule is CCC(CC)C(C)(C)CC(=O)O. The third-order valence-electron chi connectivity index (χ3n) is 2.70. The monoisotopic (exact) mass is 172 g/mol. The lowest BCUT2D eigenvalue weighted by Gasteiger charge is -2.31. The van der Waals surface area contributed by atoms with Gasteiger partial charge in [-0.3, -0.25) is 4.79 Å². The Bertz CT molecular complexity index is 146. The molecule has 0 unspecified atom stereocenters. The van der Waals surface area contributed by atoms with Crippen LogP contribution in [-0.2, 0) is 4.79 Å². The summed E-state index contributed by atoms with van der Waals surface area (Å²) in [6.07, 6.45) is 2.41. The first-order valence-electron chi connectivity index (χ1n) is 4.65. The van der Waals surface area contributed by atoms with E-state index in [-0.39, 0.29) is 11.8 Å². The molecule has 12 heavy (non-hydrogen) atoms. The maximum atomic E-state index is 10.6. The molecule has 0 spiro atoms. The van der Waals surface area contributed by atoms with Gasteiger partial charge >= 0.3 is 5.97 Å². The fourth-order valence-corrected chi connectivity index (χ4v) is 1.93. The summed E-state index contributed by atoms with van der Waals surface area (Å²) in [6, 6.07) is 0. The summed E-state index contributed by atoms with van der Waals surface area (Å²) >= 11 is 0. The molecule has 72 valence electrons. The normalized spacial score (nSPS) is 12.1. The smallest absolute Gasteiger partial charge is 0.303 e. The summed E-state index contributed by atoms with van der Waals surface area (Å²) in [5.74, 6) is -0.166. The van der Waals surface area contributed by atoms with Crippen LogP contribution < -0.4 is 0 Å². The standard InChI is InChI=1S/C10H20O2/c1-5-8(6-2)10(3,4)7-9(11)12/h8H,5-7H2,1-4H3,(H,11,12). The van der Waals surface area contributed by atoms with Crippen molar-refractivity contribution in [1.29, 1.82) is 0 Å². The van der Waals surface area contributed by atoms with Gasteiger partial charge in [0.05, 0.1) is 6.42 Å². The Hall–Kier alpha value is -0.530. The van der Waals surface area contributed by atoms with Crippen molar-refractivity contribution in [1.82, 2.24) is 0 Å². The Morgan fingerprint density at radius 2 is 1.75 bits per heavy atom. The highest BCUT2D eigenvalue weighted by Crippen LogP contribution is 2.34. The van der Waals surface area contributed by atoms with E-state index in [1.165, 1.54) is 0 Å². The van der Waals surface area contributed by atoms with Gasteiger partial charge in [0.25, 0.3) is 0 Å². The van der Waals surface area contributed by atoms with Crippen molar-refractivity contribution in [2.24, 2.45) is 11.3 Å². The fourth-order valence-electron chi connectivity index (χ4n) is 1.93. The maximum Gasteiger partial charge on any atom is 0.303 e. The summed E-state index contributed by atoms with van der Waals surface area (Å²) in [7, 11) is 0. The van der Waals surface area contributed by atoms with Crippen molar-refractivity contribution < 1.29 is 9.90 Å². The van der Waals surface area contributed by atoms with E-state index < -0.39 is 5.97 Å². The number of carboxylic acid groups (broad SMARTS) is 1. The molecule has 0 aliphatic rings. The van der Waals surface area contributed by atoms with Gasteiger partial charge in [-0.2, -0.15) is 0 Å². The van der Waals surface area contributed by atoms with Crippen LogP contribution in [0.5, 0.6) is 0 Å². The van der Waals surface area contributed by atoms with Gasteiger partial charge in [0.2, 0.25) is 0 Å². The zero-order valence-electron chi connectivity index (χ0n) is 8.55. The lowest BCUT2D eigenvalue weighted by Crippen LogP contribution is -2.26. The number of carboxylic acids is 1. The molecular weight excluding hydrogens is 152 g/mol. The van der Waals surface area contributed by atoms with Gasteiger partial charge in [0, 0.05) is 0 Å². The van der Waals surface area contributed by atoms with Crippen molar-refractivity contribution in [3.63, 3.8) is 0 Å². The summed E-state index contributed by atoms with van der Waals surface area (Å²) in [4.78, 5) is 10.6. The van der Waals surface area contributed by atoms with Crippen LogP contribution in [0.3, 0.4) is 0 Å². The molecular formula is C10H20O2. The molecule has 1 N–H and O–H groups in total. The van der Waals surface area contributed by atoms with Gasteiger partial charge in [-0.25, -0.2) is 0 Å². The molecule has 0 saturated heterocycles. The molecule has 0 rings (SSSR count). The molecule has 0 aliphatic carbocycles. The molecule has 0 radical (unpaired) electrons. The van der Waals surface area contributed by atoms with E-state index in [0.717, 1.165) is 12.8 Å². The van der Waals surface area contributed by atoms with E-state index in [4.69, 9.17) is 5.11 Å². The average Bonchev–Trinajstić information content (AvgIpc) is 1.85. The summed E-state index contributed by atoms with van der Waals surface area (Å²) < 4.78 is 0. The first-order valence-corrected chi connectivity index (χ1v) is 4.65. The molecule has 2 nitrogen and oxygen atoms in total. The summed E-state index contributed by atoms with van der Waals surface area (Å²) in [6.45, 7) is 8.33. The highest BCUT2D eigenvalue weighted by molar-refractivity contribution is 5.67. The fraction of sp³-hybridized carbons (Fsp3) is 0.900. The van der Waals surface area contributed by atoms with E-state index in [1.54, 1.807) is 0 Å². The number of aliphatic carboxylic acids is 1. The van der Waals surface area contributed by atoms with Gasteiger partial charge in [0.15, 0.2) is 0 Å². The minimum Gasteiger partial charge on any atom is -0.481 e. The Morgan fingerprint density at radius 1 is 1.33 bits per heavy atom. The third-order valence-corrected chi connectivity index (χ3v) is 2.70. The first kappa shape index (κ1) is 11.5. The van der Waals surface area contributed by atoms with Crippen LogP contribution in [0, 0.1) is 11.3 Å². The van der Waals surface area contributed by atoms with Crippen molar-refractivity contribution in [3.8, 4) is 0 Å². The zero-order chi connectivity index (χ0) is 9.78. The summed E-state index contributed by atoms with van der Waals surface area (Å²) in [5.41, 5.74) is -0.0602. The van der Waals surface area contributed by atoms with Crippen LogP contribution in [0.1, 0.15) is 47.0 Å². The first-order chi connectivity index (χ1) is 5.44. The molecule has 0 amide bonds. The average molecular weight is 172 g/mol. The van der Waals surface area contributed by atoms with Gasteiger partial charge in [-0.1, -0.05) is 40.5 Å². The minimum absolute atomic E-state index is 0.0602. The number of carbonyl (C=O) groups is 1. The van der Waals surface area contributed by atoms with Crippen LogP contribution >= 0.6 is 0 Å². The van der Waals surface area contributed by atoms with Gasteiger partial charge in [-0.15, -0.1) is 0 Å². The molecule has 2 heteroatoms. The lowest BCUT2D eigenvalue weighted by atomic mass is 9.73. The van der Waals surface area contributed by atoms with Crippen LogP contribution in [0.2, 0.25) is 0 Å².